The molecule has 4 aromatic rings. The molecule has 2 heterocycles. The zero-order valence-electron chi connectivity index (χ0n) is 23.0. The lowest BCUT2D eigenvalue weighted by atomic mass is 9.84. The number of alkyl halides is 2. The molecule has 5 heteroatoms. The zero-order valence-corrected chi connectivity index (χ0v) is 24.6. The Morgan fingerprint density at radius 3 is 1.43 bits per heavy atom. The molecule has 3 nitrogen and oxygen atoms in total. The number of fused-ring (bicyclic) bond motifs is 4. The summed E-state index contributed by atoms with van der Waals surface area (Å²) in [7, 11) is 0. The SMILES string of the molecule is CCCCN1c2ccccc2C(Cl)c2c(C(=O)c3cccc4c3C(Cl)c3ccccc3N4CCCC)cccc21. The lowest BCUT2D eigenvalue weighted by molar-refractivity contribution is 0.103. The van der Waals surface area contributed by atoms with Crippen LogP contribution in [0.3, 0.4) is 0 Å². The van der Waals surface area contributed by atoms with E-state index in [1.165, 1.54) is 0 Å². The van der Waals surface area contributed by atoms with E-state index in [-0.39, 0.29) is 5.78 Å². The summed E-state index contributed by atoms with van der Waals surface area (Å²) in [5, 5.41) is -0.838. The Hall–Kier alpha value is -3.27. The minimum absolute atomic E-state index is 0.0327. The van der Waals surface area contributed by atoms with Crippen molar-refractivity contribution in [1.29, 1.82) is 0 Å². The standard InChI is InChI=1S/C35H34Cl2N2O/c1-3-5-21-38-27-17-9-7-13-23(27)33(36)31-25(15-11-19-29(31)38)35(40)26-16-12-20-30-32(26)34(37)24-14-8-10-18-28(24)39(30)22-6-4-2/h7-20,33-34H,3-6,21-22H2,1-2H3. The molecule has 4 aromatic carbocycles. The zero-order chi connectivity index (χ0) is 27.8. The van der Waals surface area contributed by atoms with Crippen LogP contribution in [0.1, 0.15) is 88.5 Å². The van der Waals surface area contributed by atoms with Gasteiger partial charge in [0.15, 0.2) is 5.78 Å². The number of carbonyl (C=O) groups is 1. The number of nitrogens with zero attached hydrogens (tertiary/aromatic N) is 2. The van der Waals surface area contributed by atoms with Crippen molar-refractivity contribution in [3.8, 4) is 0 Å². The van der Waals surface area contributed by atoms with Gasteiger partial charge in [-0.05, 0) is 48.2 Å². The third-order valence-electron chi connectivity index (χ3n) is 8.22. The summed E-state index contributed by atoms with van der Waals surface area (Å²) in [5.74, 6) is -0.0327. The lowest BCUT2D eigenvalue weighted by Crippen LogP contribution is -2.28. The van der Waals surface area contributed by atoms with Gasteiger partial charge >= 0.3 is 0 Å². The first-order chi connectivity index (χ1) is 19.6. The summed E-state index contributed by atoms with van der Waals surface area (Å²) in [6.45, 7) is 6.14. The molecular weight excluding hydrogens is 535 g/mol. The average molecular weight is 570 g/mol. The number of para-hydroxylation sites is 2. The molecule has 2 atom stereocenters. The molecule has 40 heavy (non-hydrogen) atoms. The number of halogens is 2. The number of ketones is 1. The third-order valence-corrected chi connectivity index (χ3v) is 9.12. The molecular formula is C35H34Cl2N2O. The molecule has 0 radical (unpaired) electrons. The second kappa shape index (κ2) is 11.3. The number of benzene rings is 4. The van der Waals surface area contributed by atoms with Crippen molar-refractivity contribution in [2.75, 3.05) is 22.9 Å². The van der Waals surface area contributed by atoms with Crippen molar-refractivity contribution in [3.63, 3.8) is 0 Å². The first-order valence-corrected chi connectivity index (χ1v) is 15.3. The molecule has 2 aliphatic heterocycles. The van der Waals surface area contributed by atoms with Crippen LogP contribution in [-0.4, -0.2) is 18.9 Å². The second-order valence-electron chi connectivity index (χ2n) is 10.7. The van der Waals surface area contributed by atoms with Crippen LogP contribution in [0.15, 0.2) is 84.9 Å². The van der Waals surface area contributed by atoms with Gasteiger partial charge in [0.05, 0.1) is 10.8 Å². The number of carbonyl (C=O) groups excluding carboxylic acids is 1. The fourth-order valence-electron chi connectivity index (χ4n) is 6.23. The van der Waals surface area contributed by atoms with Gasteiger partial charge in [-0.25, -0.2) is 0 Å². The second-order valence-corrected chi connectivity index (χ2v) is 11.5. The van der Waals surface area contributed by atoms with Gasteiger partial charge in [-0.3, -0.25) is 4.79 Å². The number of hydrogen-bond acceptors (Lipinski definition) is 3. The summed E-state index contributed by atoms with van der Waals surface area (Å²) in [6.07, 6.45) is 4.26. The average Bonchev–Trinajstić information content (AvgIpc) is 3.00. The Balaban J connectivity index is 1.50. The largest absolute Gasteiger partial charge is 0.341 e. The third kappa shape index (κ3) is 4.40. The predicted molar refractivity (Wildman–Crippen MR) is 168 cm³/mol. The lowest BCUT2D eigenvalue weighted by Gasteiger charge is -2.38. The fourth-order valence-corrected chi connectivity index (χ4v) is 7.06. The molecule has 0 spiro atoms. The van der Waals surface area contributed by atoms with Crippen molar-refractivity contribution in [3.05, 3.63) is 118 Å². The van der Waals surface area contributed by atoms with Gasteiger partial charge in [0.2, 0.25) is 0 Å². The molecule has 0 amide bonds. The Bertz CT molecular complexity index is 1450. The smallest absolute Gasteiger partial charge is 0.193 e. The van der Waals surface area contributed by atoms with Gasteiger partial charge in [0, 0.05) is 58.1 Å². The number of unbranched alkanes of at least 4 members (excludes halogenated alkanes) is 2. The van der Waals surface area contributed by atoms with E-state index in [4.69, 9.17) is 23.2 Å². The topological polar surface area (TPSA) is 23.6 Å². The Morgan fingerprint density at radius 1 is 0.600 bits per heavy atom. The van der Waals surface area contributed by atoms with Crippen molar-refractivity contribution in [1.82, 2.24) is 0 Å². The van der Waals surface area contributed by atoms with Crippen LogP contribution in [0.5, 0.6) is 0 Å². The van der Waals surface area contributed by atoms with Gasteiger partial charge in [0.25, 0.3) is 0 Å². The van der Waals surface area contributed by atoms with Gasteiger partial charge < -0.3 is 9.80 Å². The van der Waals surface area contributed by atoms with E-state index < -0.39 is 10.8 Å². The fraction of sp³-hybridized carbons (Fsp3) is 0.286. The number of hydrogen-bond donors (Lipinski definition) is 0. The van der Waals surface area contributed by atoms with Crippen LogP contribution in [0.4, 0.5) is 22.7 Å². The van der Waals surface area contributed by atoms with Crippen LogP contribution in [0, 0.1) is 0 Å². The predicted octanol–water partition coefficient (Wildman–Crippen LogP) is 10.1. The highest BCUT2D eigenvalue weighted by Crippen LogP contribution is 2.51. The van der Waals surface area contributed by atoms with E-state index in [2.05, 4.69) is 72.2 Å². The highest BCUT2D eigenvalue weighted by Gasteiger charge is 2.36. The van der Waals surface area contributed by atoms with Crippen LogP contribution >= 0.6 is 23.2 Å². The summed E-state index contributed by atoms with van der Waals surface area (Å²) in [4.78, 5) is 19.3. The molecule has 0 aliphatic carbocycles. The van der Waals surface area contributed by atoms with E-state index in [1.807, 2.05) is 36.4 Å². The Morgan fingerprint density at radius 2 is 1.00 bits per heavy atom. The Labute approximate surface area is 247 Å². The molecule has 0 bridgehead atoms. The number of anilines is 4. The summed E-state index contributed by atoms with van der Waals surface area (Å²) in [5.41, 5.74) is 9.40. The normalized spacial score (nSPS) is 17.1. The highest BCUT2D eigenvalue weighted by atomic mass is 35.5. The van der Waals surface area contributed by atoms with E-state index in [1.54, 1.807) is 0 Å². The van der Waals surface area contributed by atoms with Gasteiger partial charge in [-0.2, -0.15) is 0 Å². The van der Waals surface area contributed by atoms with Crippen molar-refractivity contribution in [2.24, 2.45) is 0 Å². The van der Waals surface area contributed by atoms with Crippen LogP contribution in [0.25, 0.3) is 0 Å². The molecule has 0 aromatic heterocycles. The van der Waals surface area contributed by atoms with Crippen LogP contribution < -0.4 is 9.80 Å². The minimum atomic E-state index is -0.419. The monoisotopic (exact) mass is 568 g/mol. The summed E-state index contributed by atoms with van der Waals surface area (Å²) in [6, 6.07) is 28.6. The van der Waals surface area contributed by atoms with Crippen molar-refractivity contribution < 1.29 is 4.79 Å². The maximum Gasteiger partial charge on any atom is 0.193 e. The molecule has 0 saturated heterocycles. The quantitative estimate of drug-likeness (QED) is 0.156. The maximum absolute atomic E-state index is 14.6. The number of rotatable bonds is 8. The highest BCUT2D eigenvalue weighted by molar-refractivity contribution is 6.27. The Kier molecular flexibility index (Phi) is 7.61. The molecule has 2 unspecified atom stereocenters. The molecule has 0 N–H and O–H groups in total. The van der Waals surface area contributed by atoms with Crippen LogP contribution in [0.2, 0.25) is 0 Å². The van der Waals surface area contributed by atoms with Gasteiger partial charge in [-0.15, -0.1) is 23.2 Å². The van der Waals surface area contributed by atoms with Crippen molar-refractivity contribution in [2.45, 2.75) is 50.3 Å². The van der Waals surface area contributed by atoms with E-state index in [0.717, 1.165) is 83.8 Å². The van der Waals surface area contributed by atoms with Gasteiger partial charge in [-0.1, -0.05) is 87.4 Å². The first kappa shape index (κ1) is 26.9. The van der Waals surface area contributed by atoms with E-state index >= 15 is 0 Å². The summed E-state index contributed by atoms with van der Waals surface area (Å²) >= 11 is 14.4. The first-order valence-electron chi connectivity index (χ1n) is 14.4. The van der Waals surface area contributed by atoms with Crippen LogP contribution in [-0.2, 0) is 0 Å². The molecule has 6 rings (SSSR count). The van der Waals surface area contributed by atoms with E-state index in [0.29, 0.717) is 11.1 Å². The van der Waals surface area contributed by atoms with Crippen molar-refractivity contribution >= 4 is 51.7 Å². The molecule has 0 saturated carbocycles. The van der Waals surface area contributed by atoms with Gasteiger partial charge in [0.1, 0.15) is 0 Å². The maximum atomic E-state index is 14.6. The summed E-state index contributed by atoms with van der Waals surface area (Å²) < 4.78 is 0. The molecule has 0 fully saturated rings. The molecule has 2 aliphatic rings. The minimum Gasteiger partial charge on any atom is -0.341 e. The van der Waals surface area contributed by atoms with E-state index in [9.17, 15) is 4.79 Å². The molecule has 204 valence electrons.